The Morgan fingerprint density at radius 2 is 2.00 bits per heavy atom. The zero-order valence-electron chi connectivity index (χ0n) is 7.52. The Morgan fingerprint density at radius 1 is 1.31 bits per heavy atom. The molecule has 13 heavy (non-hydrogen) atoms. The van der Waals surface area contributed by atoms with E-state index in [9.17, 15) is 8.42 Å². The average molecular weight is 205 g/mol. The summed E-state index contributed by atoms with van der Waals surface area (Å²) >= 11 is 0. The average Bonchev–Trinajstić information content (AvgIpc) is 2.84. The molecule has 0 amide bonds. The number of aliphatic hydroxyl groups excluding tert-OH is 1. The van der Waals surface area contributed by atoms with Gasteiger partial charge < -0.3 is 5.11 Å². The van der Waals surface area contributed by atoms with Crippen molar-refractivity contribution in [1.29, 1.82) is 0 Å². The Balaban J connectivity index is 2.14. The van der Waals surface area contributed by atoms with Gasteiger partial charge in [-0.15, -0.1) is 0 Å². The second kappa shape index (κ2) is 3.22. The van der Waals surface area contributed by atoms with Crippen molar-refractivity contribution < 1.29 is 13.5 Å². The lowest BCUT2D eigenvalue weighted by molar-refractivity contribution is 0.213. The molecule has 0 aromatic carbocycles. The molecule has 2 rings (SSSR count). The maximum atomic E-state index is 11.8. The molecule has 1 saturated heterocycles. The molecule has 0 aromatic heterocycles. The van der Waals surface area contributed by atoms with Crippen molar-refractivity contribution in [2.24, 2.45) is 0 Å². The molecule has 0 bridgehead atoms. The van der Waals surface area contributed by atoms with Crippen LogP contribution in [0.15, 0.2) is 0 Å². The molecule has 4 nitrogen and oxygen atoms in total. The first-order valence-corrected chi connectivity index (χ1v) is 6.28. The number of hydrogen-bond donors (Lipinski definition) is 1. The van der Waals surface area contributed by atoms with E-state index in [-0.39, 0.29) is 17.9 Å². The van der Waals surface area contributed by atoms with Gasteiger partial charge in [0.2, 0.25) is 10.0 Å². The third kappa shape index (κ3) is 1.60. The molecule has 0 aromatic rings. The highest BCUT2D eigenvalue weighted by Gasteiger charge is 2.44. The van der Waals surface area contributed by atoms with Crippen LogP contribution in [-0.4, -0.2) is 42.3 Å². The number of hydrogen-bond acceptors (Lipinski definition) is 3. The van der Waals surface area contributed by atoms with Gasteiger partial charge in [0, 0.05) is 12.6 Å². The van der Waals surface area contributed by atoms with Gasteiger partial charge in [-0.05, 0) is 25.7 Å². The van der Waals surface area contributed by atoms with E-state index < -0.39 is 10.0 Å². The normalized spacial score (nSPS) is 31.0. The minimum atomic E-state index is -3.05. The first-order valence-electron chi connectivity index (χ1n) is 4.78. The first kappa shape index (κ1) is 9.43. The van der Waals surface area contributed by atoms with E-state index in [4.69, 9.17) is 5.11 Å². The van der Waals surface area contributed by atoms with E-state index in [0.717, 1.165) is 25.7 Å². The second-order valence-corrected chi connectivity index (χ2v) is 6.00. The lowest BCUT2D eigenvalue weighted by atomic mass is 10.2. The van der Waals surface area contributed by atoms with Crippen LogP contribution < -0.4 is 0 Å². The highest BCUT2D eigenvalue weighted by atomic mass is 32.2. The summed E-state index contributed by atoms with van der Waals surface area (Å²) in [5.41, 5.74) is 0. The topological polar surface area (TPSA) is 57.6 Å². The largest absolute Gasteiger partial charge is 0.395 e. The molecule has 76 valence electrons. The van der Waals surface area contributed by atoms with Crippen LogP contribution in [0.3, 0.4) is 0 Å². The van der Waals surface area contributed by atoms with E-state index in [1.807, 2.05) is 0 Å². The predicted molar refractivity (Wildman–Crippen MR) is 48.8 cm³/mol. The Bertz CT molecular complexity index is 284. The first-order chi connectivity index (χ1) is 6.16. The molecule has 1 aliphatic carbocycles. The summed E-state index contributed by atoms with van der Waals surface area (Å²) in [6.45, 7) is 0.565. The smallest absolute Gasteiger partial charge is 0.217 e. The molecule has 1 aliphatic heterocycles. The van der Waals surface area contributed by atoms with E-state index in [2.05, 4.69) is 0 Å². The standard InChI is InChI=1S/C8H15NO3S/c10-6-7-2-1-5-9(7)13(11,12)8-3-4-8/h7-8,10H,1-6H2/t7-/m0/s1. The molecular formula is C8H15NO3S. The fraction of sp³-hybridized carbons (Fsp3) is 1.00. The molecule has 1 heterocycles. The summed E-state index contributed by atoms with van der Waals surface area (Å²) in [5, 5.41) is 8.86. The zero-order chi connectivity index (χ0) is 9.47. The van der Waals surface area contributed by atoms with Gasteiger partial charge in [-0.2, -0.15) is 4.31 Å². The van der Waals surface area contributed by atoms with Gasteiger partial charge in [0.1, 0.15) is 0 Å². The van der Waals surface area contributed by atoms with Crippen LogP contribution in [0.1, 0.15) is 25.7 Å². The van der Waals surface area contributed by atoms with Crippen LogP contribution in [0.25, 0.3) is 0 Å². The molecule has 5 heteroatoms. The summed E-state index contributed by atoms with van der Waals surface area (Å²) in [5.74, 6) is 0. The van der Waals surface area contributed by atoms with E-state index in [1.54, 1.807) is 0 Å². The second-order valence-electron chi connectivity index (χ2n) is 3.83. The highest BCUT2D eigenvalue weighted by molar-refractivity contribution is 7.90. The van der Waals surface area contributed by atoms with Gasteiger partial charge in [0.15, 0.2) is 0 Å². The number of nitrogens with zero attached hydrogens (tertiary/aromatic N) is 1. The van der Waals surface area contributed by atoms with Crippen LogP contribution in [0.2, 0.25) is 0 Å². The summed E-state index contributed by atoms with van der Waals surface area (Å²) in [6, 6.07) is -0.148. The molecule has 2 aliphatic rings. The van der Waals surface area contributed by atoms with Crippen molar-refractivity contribution >= 4 is 10.0 Å². The van der Waals surface area contributed by atoms with E-state index in [1.165, 1.54) is 4.31 Å². The number of sulfonamides is 1. The van der Waals surface area contributed by atoms with Crippen molar-refractivity contribution in [2.45, 2.75) is 37.0 Å². The molecular weight excluding hydrogens is 190 g/mol. The summed E-state index contributed by atoms with van der Waals surface area (Å²) in [4.78, 5) is 0. The molecule has 1 atom stereocenters. The summed E-state index contributed by atoms with van der Waals surface area (Å²) < 4.78 is 25.1. The van der Waals surface area contributed by atoms with Crippen LogP contribution in [0, 0.1) is 0 Å². The maximum absolute atomic E-state index is 11.8. The van der Waals surface area contributed by atoms with Gasteiger partial charge in [0.05, 0.1) is 11.9 Å². The Labute approximate surface area is 78.6 Å². The third-order valence-electron chi connectivity index (χ3n) is 2.81. The van der Waals surface area contributed by atoms with Crippen LogP contribution in [-0.2, 0) is 10.0 Å². The van der Waals surface area contributed by atoms with Gasteiger partial charge in [-0.1, -0.05) is 0 Å². The molecule has 1 saturated carbocycles. The van der Waals surface area contributed by atoms with Gasteiger partial charge in [-0.25, -0.2) is 8.42 Å². The van der Waals surface area contributed by atoms with E-state index >= 15 is 0 Å². The summed E-state index contributed by atoms with van der Waals surface area (Å²) in [7, 11) is -3.05. The minimum absolute atomic E-state index is 0.0358. The molecule has 0 unspecified atom stereocenters. The maximum Gasteiger partial charge on any atom is 0.217 e. The Morgan fingerprint density at radius 3 is 2.54 bits per heavy atom. The number of aliphatic hydroxyl groups is 1. The highest BCUT2D eigenvalue weighted by Crippen LogP contribution is 2.34. The molecule has 2 fully saturated rings. The zero-order valence-corrected chi connectivity index (χ0v) is 8.33. The predicted octanol–water partition coefficient (Wildman–Crippen LogP) is -0.0647. The quantitative estimate of drug-likeness (QED) is 0.702. The summed E-state index contributed by atoms with van der Waals surface area (Å²) in [6.07, 6.45) is 3.30. The monoisotopic (exact) mass is 205 g/mol. The lowest BCUT2D eigenvalue weighted by Gasteiger charge is -2.21. The SMILES string of the molecule is O=S(=O)(C1CC1)N1CCC[C@H]1CO. The van der Waals surface area contributed by atoms with Gasteiger partial charge in [0.25, 0.3) is 0 Å². The van der Waals surface area contributed by atoms with Crippen molar-refractivity contribution in [1.82, 2.24) is 4.31 Å². The van der Waals surface area contributed by atoms with Crippen molar-refractivity contribution in [2.75, 3.05) is 13.2 Å². The molecule has 1 N–H and O–H groups in total. The van der Waals surface area contributed by atoms with Crippen molar-refractivity contribution in [3.8, 4) is 0 Å². The number of rotatable bonds is 3. The van der Waals surface area contributed by atoms with Gasteiger partial charge in [-0.3, -0.25) is 0 Å². The fourth-order valence-electron chi connectivity index (χ4n) is 1.88. The van der Waals surface area contributed by atoms with Crippen LogP contribution in [0.4, 0.5) is 0 Å². The lowest BCUT2D eigenvalue weighted by Crippen LogP contribution is -2.39. The Hall–Kier alpha value is -0.130. The molecule has 0 radical (unpaired) electrons. The van der Waals surface area contributed by atoms with Crippen molar-refractivity contribution in [3.05, 3.63) is 0 Å². The third-order valence-corrected chi connectivity index (χ3v) is 5.25. The van der Waals surface area contributed by atoms with Crippen LogP contribution in [0.5, 0.6) is 0 Å². The van der Waals surface area contributed by atoms with Crippen LogP contribution >= 0.6 is 0 Å². The molecule has 0 spiro atoms. The van der Waals surface area contributed by atoms with E-state index in [0.29, 0.717) is 6.54 Å². The van der Waals surface area contributed by atoms with Crippen molar-refractivity contribution in [3.63, 3.8) is 0 Å². The minimum Gasteiger partial charge on any atom is -0.395 e. The van der Waals surface area contributed by atoms with Gasteiger partial charge >= 0.3 is 0 Å². The Kier molecular flexibility index (Phi) is 2.33. The fourth-order valence-corrected chi connectivity index (χ4v) is 3.97.